The molecule has 1 aliphatic rings. The summed E-state index contributed by atoms with van der Waals surface area (Å²) in [7, 11) is 0. The number of halogens is 2. The van der Waals surface area contributed by atoms with Crippen molar-refractivity contribution < 1.29 is 9.18 Å². The van der Waals surface area contributed by atoms with Crippen LogP contribution in [0.4, 0.5) is 4.39 Å². The molecule has 4 aromatic rings. The summed E-state index contributed by atoms with van der Waals surface area (Å²) in [5, 5.41) is 16.8. The molecule has 5 rings (SSSR count). The van der Waals surface area contributed by atoms with Gasteiger partial charge in [-0.15, -0.1) is 5.10 Å². The Hall–Kier alpha value is -4.19. The maximum Gasteiger partial charge on any atom is 0.273 e. The normalized spacial score (nSPS) is 14.2. The van der Waals surface area contributed by atoms with E-state index in [9.17, 15) is 9.18 Å². The molecule has 3 heterocycles. The quantitative estimate of drug-likeness (QED) is 0.218. The van der Waals surface area contributed by atoms with Crippen LogP contribution in [0.25, 0.3) is 11.3 Å². The van der Waals surface area contributed by atoms with Crippen LogP contribution in [-0.2, 0) is 17.9 Å². The van der Waals surface area contributed by atoms with Gasteiger partial charge in [0.2, 0.25) is 0 Å². The summed E-state index contributed by atoms with van der Waals surface area (Å²) in [5.41, 5.74) is 3.16. The minimum atomic E-state index is -0.698. The van der Waals surface area contributed by atoms with Crippen LogP contribution < -0.4 is 11.2 Å². The number of aliphatic imine (C=N–C) groups is 1. The van der Waals surface area contributed by atoms with E-state index in [1.165, 1.54) is 41.7 Å². The highest BCUT2D eigenvalue weighted by molar-refractivity contribution is 6.60. The van der Waals surface area contributed by atoms with E-state index in [0.717, 1.165) is 11.3 Å². The van der Waals surface area contributed by atoms with Gasteiger partial charge in [-0.25, -0.2) is 14.1 Å². The zero-order valence-electron chi connectivity index (χ0n) is 18.3. The van der Waals surface area contributed by atoms with E-state index in [0.29, 0.717) is 11.6 Å². The number of aromatic nitrogens is 6. The molecular weight excluding hydrogens is 475 g/mol. The number of carbonyl (C=O) groups excluding carboxylic acids is 1. The predicted molar refractivity (Wildman–Crippen MR) is 127 cm³/mol. The second kappa shape index (κ2) is 9.58. The zero-order valence-corrected chi connectivity index (χ0v) is 19.1. The van der Waals surface area contributed by atoms with Gasteiger partial charge in [-0.05, 0) is 52.9 Å². The fraction of sp³-hybridized carbons (Fsp3) is 0.227. The molecule has 1 fully saturated rings. The highest BCUT2D eigenvalue weighted by atomic mass is 35.5. The molecule has 0 aliphatic heterocycles. The minimum absolute atomic E-state index is 0.0988. The van der Waals surface area contributed by atoms with Crippen molar-refractivity contribution in [2.45, 2.75) is 31.8 Å². The van der Waals surface area contributed by atoms with Crippen molar-refractivity contribution in [2.24, 2.45) is 15.9 Å². The highest BCUT2D eigenvalue weighted by Gasteiger charge is 2.23. The van der Waals surface area contributed by atoms with Crippen molar-refractivity contribution in [2.75, 3.05) is 0 Å². The summed E-state index contributed by atoms with van der Waals surface area (Å²) in [5.74, 6) is 4.70. The first-order chi connectivity index (χ1) is 17.0. The lowest BCUT2D eigenvalue weighted by atomic mass is 10.1. The summed E-state index contributed by atoms with van der Waals surface area (Å²) >= 11 is 5.91. The molecule has 1 aliphatic carbocycles. The number of hydrogen-bond acceptors (Lipinski definition) is 8. The van der Waals surface area contributed by atoms with Gasteiger partial charge in [0.25, 0.3) is 5.91 Å². The van der Waals surface area contributed by atoms with Crippen LogP contribution in [0.5, 0.6) is 0 Å². The van der Waals surface area contributed by atoms with Gasteiger partial charge in [0.15, 0.2) is 5.71 Å². The van der Waals surface area contributed by atoms with Gasteiger partial charge < -0.3 is 15.6 Å². The predicted octanol–water partition coefficient (Wildman–Crippen LogP) is 2.18. The number of nitrogens with zero attached hydrogens (tertiary/aromatic N) is 8. The molecule has 0 bridgehead atoms. The third kappa shape index (κ3) is 4.87. The number of fused-ring (bicyclic) bond motifs is 1. The number of benzene rings is 1. The molecule has 1 amide bonds. The number of amides is 1. The number of carbonyl (C=O) groups is 1. The molecule has 178 valence electrons. The molecule has 0 saturated heterocycles. The highest BCUT2D eigenvalue weighted by Crippen LogP contribution is 2.39. The van der Waals surface area contributed by atoms with E-state index in [1.54, 1.807) is 6.07 Å². The Balaban J connectivity index is 1.24. The summed E-state index contributed by atoms with van der Waals surface area (Å²) in [6, 6.07) is 7.01. The van der Waals surface area contributed by atoms with Crippen molar-refractivity contribution in [1.29, 1.82) is 0 Å². The molecule has 0 atom stereocenters. The minimum Gasteiger partial charge on any atom is -0.346 e. The first kappa shape index (κ1) is 22.6. The third-order valence-corrected chi connectivity index (χ3v) is 5.90. The van der Waals surface area contributed by atoms with Crippen molar-refractivity contribution in [1.82, 2.24) is 34.9 Å². The van der Waals surface area contributed by atoms with Gasteiger partial charge in [0.1, 0.15) is 17.8 Å². The molecule has 0 radical (unpaired) electrons. The molecule has 11 nitrogen and oxygen atoms in total. The van der Waals surface area contributed by atoms with Crippen LogP contribution in [-0.4, -0.2) is 47.4 Å². The van der Waals surface area contributed by atoms with E-state index in [2.05, 4.69) is 48.2 Å². The van der Waals surface area contributed by atoms with Crippen LogP contribution in [0.1, 0.15) is 35.6 Å². The number of pyridine rings is 1. The maximum absolute atomic E-state index is 14.7. The number of imidazole rings is 1. The standard InChI is InChI=1S/C22H20ClFN10O/c23-17-4-5-19(34-12-28-31-32-34)16(21(17)24)8-27-22(35)18(30-25)9-26-7-15-11-33-10-14(13-1-2-13)3-6-20(33)29-15/h3-6,9-13H,1-2,7-8,25H2,(H,27,35). The fourth-order valence-electron chi connectivity index (χ4n) is 3.67. The average molecular weight is 495 g/mol. The molecule has 3 aromatic heterocycles. The van der Waals surface area contributed by atoms with Gasteiger partial charge >= 0.3 is 0 Å². The molecule has 35 heavy (non-hydrogen) atoms. The lowest BCUT2D eigenvalue weighted by molar-refractivity contribution is -0.114. The van der Waals surface area contributed by atoms with Crippen LogP contribution in [0, 0.1) is 5.82 Å². The number of nitrogens with two attached hydrogens (primary N) is 1. The second-order valence-electron chi connectivity index (χ2n) is 8.01. The van der Waals surface area contributed by atoms with Crippen LogP contribution in [0.2, 0.25) is 5.02 Å². The smallest absolute Gasteiger partial charge is 0.273 e. The SMILES string of the molecule is NN=C(C=NCc1cn2cc(C3CC3)ccc2n1)C(=O)NCc1c(-n2cnnn2)ccc(Cl)c1F. The van der Waals surface area contributed by atoms with Crippen molar-refractivity contribution in [3.8, 4) is 5.69 Å². The zero-order chi connectivity index (χ0) is 24.4. The van der Waals surface area contributed by atoms with Gasteiger partial charge in [-0.2, -0.15) is 5.10 Å². The molecule has 0 unspecified atom stereocenters. The van der Waals surface area contributed by atoms with Crippen molar-refractivity contribution in [3.63, 3.8) is 0 Å². The summed E-state index contributed by atoms with van der Waals surface area (Å²) in [6.07, 6.45) is 9.00. The fourth-order valence-corrected chi connectivity index (χ4v) is 3.85. The Morgan fingerprint density at radius 1 is 1.29 bits per heavy atom. The number of nitrogens with one attached hydrogen (secondary N) is 1. The molecule has 0 spiro atoms. The van der Waals surface area contributed by atoms with Crippen LogP contribution in [0.3, 0.4) is 0 Å². The van der Waals surface area contributed by atoms with E-state index in [1.807, 2.05) is 16.7 Å². The van der Waals surface area contributed by atoms with Gasteiger partial charge in [-0.3, -0.25) is 9.79 Å². The maximum atomic E-state index is 14.7. The largest absolute Gasteiger partial charge is 0.346 e. The molecule has 1 saturated carbocycles. The lowest BCUT2D eigenvalue weighted by Gasteiger charge is -2.12. The Bertz CT molecular complexity index is 1440. The second-order valence-corrected chi connectivity index (χ2v) is 8.42. The Morgan fingerprint density at radius 2 is 2.14 bits per heavy atom. The molecule has 13 heteroatoms. The van der Waals surface area contributed by atoms with E-state index < -0.39 is 11.7 Å². The van der Waals surface area contributed by atoms with Gasteiger partial charge in [0.05, 0.1) is 29.2 Å². The Labute approximate surface area is 203 Å². The average Bonchev–Trinajstić information content (AvgIpc) is 3.41. The van der Waals surface area contributed by atoms with Crippen molar-refractivity contribution >= 4 is 35.1 Å². The molecule has 3 N–H and O–H groups in total. The number of hydrogen-bond donors (Lipinski definition) is 2. The van der Waals surface area contributed by atoms with Gasteiger partial charge in [-0.1, -0.05) is 17.7 Å². The van der Waals surface area contributed by atoms with E-state index in [-0.39, 0.29) is 29.4 Å². The summed E-state index contributed by atoms with van der Waals surface area (Å²) in [4.78, 5) is 21.4. The summed E-state index contributed by atoms with van der Waals surface area (Å²) in [6.45, 7) is 0.0299. The number of tetrazole rings is 1. The molecule has 1 aromatic carbocycles. The monoisotopic (exact) mass is 494 g/mol. The Morgan fingerprint density at radius 3 is 2.89 bits per heavy atom. The summed E-state index contributed by atoms with van der Waals surface area (Å²) < 4.78 is 17.9. The lowest BCUT2D eigenvalue weighted by Crippen LogP contribution is -2.33. The first-order valence-corrected chi connectivity index (χ1v) is 11.1. The first-order valence-electron chi connectivity index (χ1n) is 10.8. The van der Waals surface area contributed by atoms with E-state index >= 15 is 0 Å². The van der Waals surface area contributed by atoms with E-state index in [4.69, 9.17) is 17.4 Å². The van der Waals surface area contributed by atoms with Crippen LogP contribution >= 0.6 is 11.6 Å². The Kier molecular flexibility index (Phi) is 6.19. The van der Waals surface area contributed by atoms with Crippen LogP contribution in [0.15, 0.2) is 53.1 Å². The molecular formula is C22H20ClFN10O. The number of rotatable bonds is 8. The van der Waals surface area contributed by atoms with Crippen molar-refractivity contribution in [3.05, 3.63) is 70.6 Å². The topological polar surface area (TPSA) is 141 Å². The third-order valence-electron chi connectivity index (χ3n) is 5.60. The number of hydrazone groups is 1. The van der Waals surface area contributed by atoms with Gasteiger partial charge in [0, 0.05) is 24.5 Å².